The summed E-state index contributed by atoms with van der Waals surface area (Å²) in [6, 6.07) is 10.9. The largest absolute Gasteiger partial charge is 0.438 e. The number of halogens is 2. The molecule has 0 saturated heterocycles. The summed E-state index contributed by atoms with van der Waals surface area (Å²) >= 11 is 12.0. The SMILES string of the molecule is Cc1cc(C#N)cc(C)c1Oc1nc(Cl)nc2ccc(Cl)cc12. The second-order valence-electron chi connectivity index (χ2n) is 5.11. The summed E-state index contributed by atoms with van der Waals surface area (Å²) in [6.07, 6.45) is 0. The van der Waals surface area contributed by atoms with E-state index >= 15 is 0 Å². The molecule has 0 aliphatic heterocycles. The number of hydrogen-bond acceptors (Lipinski definition) is 4. The van der Waals surface area contributed by atoms with Gasteiger partial charge in [-0.15, -0.1) is 0 Å². The van der Waals surface area contributed by atoms with Gasteiger partial charge in [-0.1, -0.05) is 11.6 Å². The van der Waals surface area contributed by atoms with E-state index < -0.39 is 0 Å². The number of benzene rings is 2. The van der Waals surface area contributed by atoms with Crippen molar-refractivity contribution in [2.75, 3.05) is 0 Å². The molecule has 0 N–H and O–H groups in total. The van der Waals surface area contributed by atoms with Crippen LogP contribution in [-0.2, 0) is 0 Å². The van der Waals surface area contributed by atoms with Crippen LogP contribution in [0.2, 0.25) is 10.3 Å². The second-order valence-corrected chi connectivity index (χ2v) is 5.89. The van der Waals surface area contributed by atoms with Gasteiger partial charge in [-0.25, -0.2) is 4.98 Å². The lowest BCUT2D eigenvalue weighted by Crippen LogP contribution is -1.97. The van der Waals surface area contributed by atoms with E-state index in [-0.39, 0.29) is 5.28 Å². The van der Waals surface area contributed by atoms with Gasteiger partial charge < -0.3 is 4.74 Å². The predicted molar refractivity (Wildman–Crippen MR) is 90.3 cm³/mol. The molecule has 0 aliphatic rings. The van der Waals surface area contributed by atoms with E-state index in [0.29, 0.717) is 33.1 Å². The van der Waals surface area contributed by atoms with Crippen LogP contribution in [0.1, 0.15) is 16.7 Å². The average molecular weight is 344 g/mol. The molecule has 2 aromatic carbocycles. The van der Waals surface area contributed by atoms with Crippen molar-refractivity contribution < 1.29 is 4.74 Å². The molecule has 1 aromatic heterocycles. The Bertz CT molecular complexity index is 941. The van der Waals surface area contributed by atoms with Gasteiger partial charge in [0.15, 0.2) is 0 Å². The molecule has 0 spiro atoms. The first-order valence-electron chi connectivity index (χ1n) is 6.80. The Morgan fingerprint density at radius 1 is 1.04 bits per heavy atom. The van der Waals surface area contributed by atoms with Crippen LogP contribution in [0.25, 0.3) is 10.9 Å². The average Bonchev–Trinajstić information content (AvgIpc) is 2.51. The van der Waals surface area contributed by atoms with Crippen LogP contribution in [0.4, 0.5) is 0 Å². The molecule has 0 atom stereocenters. The zero-order valence-corrected chi connectivity index (χ0v) is 13.9. The first-order chi connectivity index (χ1) is 11.0. The van der Waals surface area contributed by atoms with Gasteiger partial charge in [0.2, 0.25) is 11.2 Å². The Balaban J connectivity index is 2.16. The summed E-state index contributed by atoms with van der Waals surface area (Å²) < 4.78 is 5.98. The standard InChI is InChI=1S/C17H11Cl2N3O/c1-9-5-11(8-20)6-10(2)15(9)23-16-13-7-12(18)3-4-14(13)21-17(19)22-16/h3-7H,1-2H3. The number of aromatic nitrogens is 2. The minimum Gasteiger partial charge on any atom is -0.438 e. The van der Waals surface area contributed by atoms with Gasteiger partial charge in [-0.05, 0) is 66.9 Å². The highest BCUT2D eigenvalue weighted by Gasteiger charge is 2.13. The number of hydrogen-bond donors (Lipinski definition) is 0. The van der Waals surface area contributed by atoms with Crippen LogP contribution < -0.4 is 4.74 Å². The fourth-order valence-corrected chi connectivity index (χ4v) is 2.74. The molecule has 0 bridgehead atoms. The van der Waals surface area contributed by atoms with E-state index in [1.807, 2.05) is 13.8 Å². The number of nitrogens with zero attached hydrogens (tertiary/aromatic N) is 3. The van der Waals surface area contributed by atoms with Crippen molar-refractivity contribution in [2.24, 2.45) is 0 Å². The van der Waals surface area contributed by atoms with Gasteiger partial charge in [-0.2, -0.15) is 10.2 Å². The molecule has 114 valence electrons. The number of aryl methyl sites for hydroxylation is 2. The van der Waals surface area contributed by atoms with Gasteiger partial charge in [-0.3, -0.25) is 0 Å². The molecule has 3 aromatic rings. The minimum atomic E-state index is 0.0961. The lowest BCUT2D eigenvalue weighted by molar-refractivity contribution is 0.461. The number of fused-ring (bicyclic) bond motifs is 1. The molecule has 4 nitrogen and oxygen atoms in total. The first-order valence-corrected chi connectivity index (χ1v) is 7.55. The van der Waals surface area contributed by atoms with Crippen molar-refractivity contribution in [2.45, 2.75) is 13.8 Å². The topological polar surface area (TPSA) is 58.8 Å². The van der Waals surface area contributed by atoms with Crippen LogP contribution in [-0.4, -0.2) is 9.97 Å². The number of nitriles is 1. The molecule has 1 heterocycles. The zero-order valence-electron chi connectivity index (χ0n) is 12.4. The molecule has 23 heavy (non-hydrogen) atoms. The van der Waals surface area contributed by atoms with Gasteiger partial charge in [0.25, 0.3) is 0 Å². The summed E-state index contributed by atoms with van der Waals surface area (Å²) in [4.78, 5) is 8.33. The molecule has 0 saturated carbocycles. The Morgan fingerprint density at radius 2 is 1.74 bits per heavy atom. The summed E-state index contributed by atoms with van der Waals surface area (Å²) in [6.45, 7) is 3.75. The number of ether oxygens (including phenoxy) is 1. The van der Waals surface area contributed by atoms with Crippen LogP contribution in [0, 0.1) is 25.2 Å². The van der Waals surface area contributed by atoms with E-state index in [1.54, 1.807) is 30.3 Å². The van der Waals surface area contributed by atoms with Crippen molar-refractivity contribution in [3.8, 4) is 17.7 Å². The molecular formula is C17H11Cl2N3O. The maximum absolute atomic E-state index is 9.03. The first kappa shape index (κ1) is 15.5. The Hall–Kier alpha value is -2.35. The Morgan fingerprint density at radius 3 is 2.39 bits per heavy atom. The van der Waals surface area contributed by atoms with E-state index in [9.17, 15) is 0 Å². The van der Waals surface area contributed by atoms with E-state index in [1.165, 1.54) is 0 Å². The number of rotatable bonds is 2. The predicted octanol–water partition coefficient (Wildman–Crippen LogP) is 5.22. The normalized spacial score (nSPS) is 10.6. The van der Waals surface area contributed by atoms with Crippen LogP contribution in [0.5, 0.6) is 11.6 Å². The third-order valence-electron chi connectivity index (χ3n) is 3.38. The summed E-state index contributed by atoms with van der Waals surface area (Å²) in [5, 5.41) is 10.4. The molecule has 0 aliphatic carbocycles. The van der Waals surface area contributed by atoms with Crippen molar-refractivity contribution in [3.05, 3.63) is 57.3 Å². The van der Waals surface area contributed by atoms with Crippen molar-refractivity contribution in [1.29, 1.82) is 5.26 Å². The van der Waals surface area contributed by atoms with Crippen molar-refractivity contribution in [1.82, 2.24) is 9.97 Å². The molecular weight excluding hydrogens is 333 g/mol. The lowest BCUT2D eigenvalue weighted by atomic mass is 10.1. The Labute approximate surface area is 143 Å². The van der Waals surface area contributed by atoms with Gasteiger partial charge in [0.05, 0.1) is 22.5 Å². The van der Waals surface area contributed by atoms with E-state index in [0.717, 1.165) is 11.1 Å². The van der Waals surface area contributed by atoms with Crippen LogP contribution >= 0.6 is 23.2 Å². The summed E-state index contributed by atoms with van der Waals surface area (Å²) in [7, 11) is 0. The second kappa shape index (κ2) is 6.04. The summed E-state index contributed by atoms with van der Waals surface area (Å²) in [5.41, 5.74) is 2.91. The lowest BCUT2D eigenvalue weighted by Gasteiger charge is -2.13. The smallest absolute Gasteiger partial charge is 0.231 e. The van der Waals surface area contributed by atoms with E-state index in [2.05, 4.69) is 16.0 Å². The molecule has 3 rings (SSSR count). The van der Waals surface area contributed by atoms with E-state index in [4.69, 9.17) is 33.2 Å². The quantitative estimate of drug-likeness (QED) is 0.598. The molecule has 0 fully saturated rings. The highest BCUT2D eigenvalue weighted by Crippen LogP contribution is 2.34. The fraction of sp³-hybridized carbons (Fsp3) is 0.118. The highest BCUT2D eigenvalue weighted by molar-refractivity contribution is 6.31. The maximum atomic E-state index is 9.03. The molecule has 0 unspecified atom stereocenters. The van der Waals surface area contributed by atoms with Crippen molar-refractivity contribution >= 4 is 34.1 Å². The third kappa shape index (κ3) is 3.07. The van der Waals surface area contributed by atoms with Gasteiger partial charge in [0, 0.05) is 5.02 Å². The fourth-order valence-electron chi connectivity index (χ4n) is 2.40. The molecule has 0 radical (unpaired) electrons. The van der Waals surface area contributed by atoms with Gasteiger partial charge in [0.1, 0.15) is 5.75 Å². The van der Waals surface area contributed by atoms with Gasteiger partial charge >= 0.3 is 0 Å². The molecule has 0 amide bonds. The monoisotopic (exact) mass is 343 g/mol. The Kier molecular flexibility index (Phi) is 4.08. The van der Waals surface area contributed by atoms with Crippen LogP contribution in [0.15, 0.2) is 30.3 Å². The molecule has 6 heteroatoms. The minimum absolute atomic E-state index is 0.0961. The highest BCUT2D eigenvalue weighted by atomic mass is 35.5. The van der Waals surface area contributed by atoms with Crippen molar-refractivity contribution in [3.63, 3.8) is 0 Å². The van der Waals surface area contributed by atoms with Crippen LogP contribution in [0.3, 0.4) is 0 Å². The zero-order chi connectivity index (χ0) is 16.6. The third-order valence-corrected chi connectivity index (χ3v) is 3.79. The summed E-state index contributed by atoms with van der Waals surface area (Å²) in [5.74, 6) is 0.971. The maximum Gasteiger partial charge on any atom is 0.231 e.